The normalized spacial score (nSPS) is 14.8. The molecular weight excluding hydrogens is 375 g/mol. The van der Waals surface area contributed by atoms with Crippen molar-refractivity contribution in [2.75, 3.05) is 5.32 Å². The molecule has 0 saturated heterocycles. The molecule has 0 spiro atoms. The monoisotopic (exact) mass is 384 g/mol. The van der Waals surface area contributed by atoms with Crippen LogP contribution in [-0.2, 0) is 11.2 Å². The molecule has 2 aromatic rings. The van der Waals surface area contributed by atoms with Gasteiger partial charge in [-0.15, -0.1) is 0 Å². The van der Waals surface area contributed by atoms with Gasteiger partial charge in [0.1, 0.15) is 0 Å². The Morgan fingerprint density at radius 1 is 1.24 bits per heavy atom. The molecule has 6 heteroatoms. The van der Waals surface area contributed by atoms with E-state index in [0.717, 1.165) is 26.9 Å². The van der Waals surface area contributed by atoms with Gasteiger partial charge in [-0.2, -0.15) is 0 Å². The van der Waals surface area contributed by atoms with Crippen molar-refractivity contribution in [3.05, 3.63) is 61.5 Å². The van der Waals surface area contributed by atoms with Gasteiger partial charge < -0.3 is 11.1 Å². The number of amides is 1. The van der Waals surface area contributed by atoms with E-state index in [0.29, 0.717) is 16.5 Å². The van der Waals surface area contributed by atoms with Crippen molar-refractivity contribution in [1.82, 2.24) is 0 Å². The molecule has 1 unspecified atom stereocenters. The molecule has 0 aromatic heterocycles. The summed E-state index contributed by atoms with van der Waals surface area (Å²) in [5.74, 6) is -0.0349. The van der Waals surface area contributed by atoms with Crippen molar-refractivity contribution in [3.63, 3.8) is 0 Å². The standard InChI is InChI=1S/C15H11BrCl2N2O/c16-10-3-1-2-8(14(10)18)15(19)9-4-7-5-13(21)20-12(7)6-11(9)17/h1-4,6,15H,5,19H2,(H,20,21). The molecular formula is C15H11BrCl2N2O. The van der Waals surface area contributed by atoms with Gasteiger partial charge in [-0.1, -0.05) is 35.3 Å². The summed E-state index contributed by atoms with van der Waals surface area (Å²) in [5, 5.41) is 3.85. The van der Waals surface area contributed by atoms with Gasteiger partial charge in [-0.3, -0.25) is 4.79 Å². The largest absolute Gasteiger partial charge is 0.325 e. The fourth-order valence-corrected chi connectivity index (χ4v) is 3.34. The van der Waals surface area contributed by atoms with Gasteiger partial charge in [0.25, 0.3) is 0 Å². The molecule has 0 aliphatic carbocycles. The molecule has 0 radical (unpaired) electrons. The number of anilines is 1. The van der Waals surface area contributed by atoms with Crippen molar-refractivity contribution < 1.29 is 4.79 Å². The molecule has 108 valence electrons. The number of hydrogen-bond acceptors (Lipinski definition) is 2. The second-order valence-corrected chi connectivity index (χ2v) is 6.52. The van der Waals surface area contributed by atoms with E-state index in [4.69, 9.17) is 28.9 Å². The molecule has 0 saturated carbocycles. The minimum Gasteiger partial charge on any atom is -0.325 e. The van der Waals surface area contributed by atoms with Crippen LogP contribution in [0.25, 0.3) is 0 Å². The quantitative estimate of drug-likeness (QED) is 0.809. The zero-order valence-electron chi connectivity index (χ0n) is 10.8. The van der Waals surface area contributed by atoms with Crippen LogP contribution in [0.3, 0.4) is 0 Å². The van der Waals surface area contributed by atoms with Gasteiger partial charge in [0.05, 0.1) is 17.5 Å². The molecule has 0 fully saturated rings. The Bertz CT molecular complexity index is 749. The fourth-order valence-electron chi connectivity index (χ4n) is 2.43. The van der Waals surface area contributed by atoms with E-state index in [-0.39, 0.29) is 5.91 Å². The Labute approximate surface area is 140 Å². The molecule has 21 heavy (non-hydrogen) atoms. The molecule has 0 bridgehead atoms. The lowest BCUT2D eigenvalue weighted by Gasteiger charge is -2.17. The predicted octanol–water partition coefficient (Wildman–Crippen LogP) is 4.30. The average Bonchev–Trinajstić information content (AvgIpc) is 2.79. The van der Waals surface area contributed by atoms with Gasteiger partial charge >= 0.3 is 0 Å². The highest BCUT2D eigenvalue weighted by atomic mass is 79.9. The van der Waals surface area contributed by atoms with Crippen LogP contribution in [0.5, 0.6) is 0 Å². The SMILES string of the molecule is NC(c1cc2c(cc1Cl)NC(=O)C2)c1cccc(Br)c1Cl. The number of carbonyl (C=O) groups is 1. The zero-order valence-corrected chi connectivity index (χ0v) is 13.9. The van der Waals surface area contributed by atoms with Crippen LogP contribution >= 0.6 is 39.1 Å². The van der Waals surface area contributed by atoms with E-state index in [1.165, 1.54) is 0 Å². The summed E-state index contributed by atoms with van der Waals surface area (Å²) in [4.78, 5) is 11.4. The molecule has 1 aliphatic heterocycles. The van der Waals surface area contributed by atoms with Crippen LogP contribution in [0, 0.1) is 0 Å². The van der Waals surface area contributed by atoms with Gasteiger partial charge in [-0.05, 0) is 50.8 Å². The Morgan fingerprint density at radius 2 is 2.00 bits per heavy atom. The smallest absolute Gasteiger partial charge is 0.228 e. The third-order valence-electron chi connectivity index (χ3n) is 3.50. The number of rotatable bonds is 2. The van der Waals surface area contributed by atoms with Crippen molar-refractivity contribution in [1.29, 1.82) is 0 Å². The maximum Gasteiger partial charge on any atom is 0.228 e. The summed E-state index contributed by atoms with van der Waals surface area (Å²) in [6, 6.07) is 8.75. The van der Waals surface area contributed by atoms with Crippen molar-refractivity contribution in [2.45, 2.75) is 12.5 Å². The molecule has 3 rings (SSSR count). The maximum atomic E-state index is 11.4. The minimum absolute atomic E-state index is 0.0349. The second kappa shape index (κ2) is 5.61. The van der Waals surface area contributed by atoms with E-state index in [2.05, 4.69) is 21.2 Å². The number of hydrogen-bond donors (Lipinski definition) is 2. The number of carbonyl (C=O) groups excluding carboxylic acids is 1. The zero-order chi connectivity index (χ0) is 15.1. The van der Waals surface area contributed by atoms with Crippen LogP contribution in [0.4, 0.5) is 5.69 Å². The van der Waals surface area contributed by atoms with E-state index < -0.39 is 6.04 Å². The predicted molar refractivity (Wildman–Crippen MR) is 89.0 cm³/mol. The third-order valence-corrected chi connectivity index (χ3v) is 5.14. The average molecular weight is 386 g/mol. The summed E-state index contributed by atoms with van der Waals surface area (Å²) < 4.78 is 0.784. The first-order valence-electron chi connectivity index (χ1n) is 6.29. The number of nitrogens with two attached hydrogens (primary N) is 1. The minimum atomic E-state index is -0.455. The first-order valence-corrected chi connectivity index (χ1v) is 7.84. The summed E-state index contributed by atoms with van der Waals surface area (Å²) in [6.07, 6.45) is 0.346. The van der Waals surface area contributed by atoms with Gasteiger partial charge in [-0.25, -0.2) is 0 Å². The number of halogens is 3. The maximum absolute atomic E-state index is 11.4. The van der Waals surface area contributed by atoms with Crippen LogP contribution in [0.2, 0.25) is 10.0 Å². The van der Waals surface area contributed by atoms with Gasteiger partial charge in [0, 0.05) is 15.2 Å². The van der Waals surface area contributed by atoms with Crippen molar-refractivity contribution >= 4 is 50.7 Å². The van der Waals surface area contributed by atoms with Crippen LogP contribution in [0.15, 0.2) is 34.8 Å². The van der Waals surface area contributed by atoms with Crippen LogP contribution in [0.1, 0.15) is 22.7 Å². The molecule has 2 aromatic carbocycles. The summed E-state index contributed by atoms with van der Waals surface area (Å²) >= 11 is 16.0. The molecule has 3 N–H and O–H groups in total. The highest BCUT2D eigenvalue weighted by Crippen LogP contribution is 2.37. The molecule has 1 atom stereocenters. The molecule has 1 amide bonds. The summed E-state index contributed by atoms with van der Waals surface area (Å²) in [5.41, 5.74) is 9.51. The van der Waals surface area contributed by atoms with E-state index in [9.17, 15) is 4.79 Å². The molecule has 1 aliphatic rings. The number of benzene rings is 2. The highest BCUT2D eigenvalue weighted by molar-refractivity contribution is 9.10. The Balaban J connectivity index is 2.06. The van der Waals surface area contributed by atoms with Gasteiger partial charge in [0.15, 0.2) is 0 Å². The van der Waals surface area contributed by atoms with Crippen LogP contribution < -0.4 is 11.1 Å². The lowest BCUT2D eigenvalue weighted by atomic mass is 9.97. The third kappa shape index (κ3) is 2.69. The Kier molecular flexibility index (Phi) is 3.97. The first-order chi connectivity index (χ1) is 9.97. The molecule has 1 heterocycles. The Hall–Kier alpha value is -1.07. The highest BCUT2D eigenvalue weighted by Gasteiger charge is 2.23. The summed E-state index contributed by atoms with van der Waals surface area (Å²) in [6.45, 7) is 0. The van der Waals surface area contributed by atoms with E-state index in [1.54, 1.807) is 6.07 Å². The topological polar surface area (TPSA) is 55.1 Å². The van der Waals surface area contributed by atoms with E-state index >= 15 is 0 Å². The first kappa shape index (κ1) is 14.9. The number of nitrogens with one attached hydrogen (secondary N) is 1. The van der Waals surface area contributed by atoms with Crippen LogP contribution in [-0.4, -0.2) is 5.91 Å². The van der Waals surface area contributed by atoms with Crippen molar-refractivity contribution in [2.24, 2.45) is 5.73 Å². The lowest BCUT2D eigenvalue weighted by Crippen LogP contribution is -2.13. The lowest BCUT2D eigenvalue weighted by molar-refractivity contribution is -0.115. The van der Waals surface area contributed by atoms with Gasteiger partial charge in [0.2, 0.25) is 5.91 Å². The van der Waals surface area contributed by atoms with E-state index in [1.807, 2.05) is 24.3 Å². The fraction of sp³-hybridized carbons (Fsp3) is 0.133. The molecule has 3 nitrogen and oxygen atoms in total. The second-order valence-electron chi connectivity index (χ2n) is 4.88. The Morgan fingerprint density at radius 3 is 2.76 bits per heavy atom. The van der Waals surface area contributed by atoms with Crippen molar-refractivity contribution in [3.8, 4) is 0 Å². The number of fused-ring (bicyclic) bond motifs is 1. The summed E-state index contributed by atoms with van der Waals surface area (Å²) in [7, 11) is 0.